The van der Waals surface area contributed by atoms with Crippen LogP contribution in [0.3, 0.4) is 0 Å². The Morgan fingerprint density at radius 2 is 1.96 bits per heavy atom. The fourth-order valence-electron chi connectivity index (χ4n) is 2.81. The van der Waals surface area contributed by atoms with Gasteiger partial charge in [-0.1, -0.05) is 49.1 Å². The van der Waals surface area contributed by atoms with Gasteiger partial charge in [-0.2, -0.15) is 0 Å². The highest BCUT2D eigenvalue weighted by atomic mass is 19.3. The monoisotopic (exact) mass is 390 g/mol. The Morgan fingerprint density at radius 1 is 1.18 bits per heavy atom. The number of methoxy groups -OCH3 is 1. The molecular weight excluding hydrogens is 362 g/mol. The van der Waals surface area contributed by atoms with Crippen molar-refractivity contribution in [1.82, 2.24) is 10.6 Å². The Bertz CT molecular complexity index is 747. The average Bonchev–Trinajstić information content (AvgIpc) is 2.69. The molecule has 0 amide bonds. The van der Waals surface area contributed by atoms with Crippen molar-refractivity contribution in [2.24, 2.45) is 0 Å². The van der Waals surface area contributed by atoms with Crippen molar-refractivity contribution in [2.45, 2.75) is 25.4 Å². The smallest absolute Gasteiger partial charge is 0.270 e. The Labute approximate surface area is 165 Å². The highest BCUT2D eigenvalue weighted by Gasteiger charge is 2.25. The molecule has 0 saturated carbocycles. The molecular formula is C22H28F2N2O2. The van der Waals surface area contributed by atoms with Gasteiger partial charge in [0.25, 0.3) is 5.92 Å². The standard InChI is InChI=1S/C22H28F2N2O2/c1-4-12-28-21-11-6-5-8-18(21)14-25-15-20(26-16-27-3)17-9-7-10-19(13-17)22(2,23)24/h4-11,13,20,25-26H,1,12,14-16H2,2-3H3. The van der Waals surface area contributed by atoms with E-state index in [1.165, 1.54) is 12.1 Å². The Balaban J connectivity index is 2.06. The first kappa shape index (κ1) is 22.0. The first-order chi connectivity index (χ1) is 13.5. The van der Waals surface area contributed by atoms with Crippen molar-refractivity contribution in [3.05, 3.63) is 77.9 Å². The Morgan fingerprint density at radius 3 is 2.68 bits per heavy atom. The number of ether oxygens (including phenoxy) is 2. The molecule has 0 aliphatic heterocycles. The van der Waals surface area contributed by atoms with E-state index in [1.807, 2.05) is 30.3 Å². The van der Waals surface area contributed by atoms with E-state index in [9.17, 15) is 8.78 Å². The van der Waals surface area contributed by atoms with Gasteiger partial charge in [0.05, 0.1) is 6.73 Å². The maximum atomic E-state index is 13.7. The molecule has 0 aliphatic carbocycles. The summed E-state index contributed by atoms with van der Waals surface area (Å²) in [6, 6.07) is 14.1. The van der Waals surface area contributed by atoms with Crippen LogP contribution in [0.15, 0.2) is 61.2 Å². The van der Waals surface area contributed by atoms with Gasteiger partial charge in [0.15, 0.2) is 0 Å². The summed E-state index contributed by atoms with van der Waals surface area (Å²) in [6.45, 7) is 6.45. The van der Waals surface area contributed by atoms with Gasteiger partial charge in [-0.25, -0.2) is 8.78 Å². The predicted molar refractivity (Wildman–Crippen MR) is 108 cm³/mol. The Hall–Kier alpha value is -2.28. The molecule has 2 N–H and O–H groups in total. The normalized spacial score (nSPS) is 12.6. The van der Waals surface area contributed by atoms with E-state index in [2.05, 4.69) is 17.2 Å². The summed E-state index contributed by atoms with van der Waals surface area (Å²) in [5.41, 5.74) is 1.79. The fourth-order valence-corrected chi connectivity index (χ4v) is 2.81. The highest BCUT2D eigenvalue weighted by molar-refractivity contribution is 5.33. The van der Waals surface area contributed by atoms with Crippen LogP contribution in [0.4, 0.5) is 8.78 Å². The van der Waals surface area contributed by atoms with Gasteiger partial charge in [-0.05, 0) is 17.7 Å². The summed E-state index contributed by atoms with van der Waals surface area (Å²) in [4.78, 5) is 0. The number of nitrogens with one attached hydrogen (secondary N) is 2. The van der Waals surface area contributed by atoms with E-state index in [0.29, 0.717) is 26.4 Å². The van der Waals surface area contributed by atoms with Gasteiger partial charge in [0, 0.05) is 44.3 Å². The molecule has 1 unspecified atom stereocenters. The summed E-state index contributed by atoms with van der Waals surface area (Å²) in [5, 5.41) is 6.60. The molecule has 4 nitrogen and oxygen atoms in total. The van der Waals surface area contributed by atoms with Crippen LogP contribution < -0.4 is 15.4 Å². The third kappa shape index (κ3) is 6.71. The topological polar surface area (TPSA) is 42.5 Å². The van der Waals surface area contributed by atoms with Crippen molar-refractivity contribution < 1.29 is 18.3 Å². The van der Waals surface area contributed by atoms with Crippen LogP contribution in [0.25, 0.3) is 0 Å². The molecule has 2 aromatic rings. The zero-order valence-electron chi connectivity index (χ0n) is 16.4. The van der Waals surface area contributed by atoms with Crippen LogP contribution in [-0.2, 0) is 17.2 Å². The molecule has 2 rings (SSSR count). The summed E-state index contributed by atoms with van der Waals surface area (Å²) in [6.07, 6.45) is 1.70. The van der Waals surface area contributed by atoms with Gasteiger partial charge >= 0.3 is 0 Å². The van der Waals surface area contributed by atoms with Gasteiger partial charge in [-0.3, -0.25) is 5.32 Å². The lowest BCUT2D eigenvalue weighted by Gasteiger charge is -2.21. The lowest BCUT2D eigenvalue weighted by molar-refractivity contribution is 0.0173. The van der Waals surface area contributed by atoms with E-state index >= 15 is 0 Å². The SMILES string of the molecule is C=CCOc1ccccc1CNCC(NCOC)c1cccc(C(C)(F)F)c1. The molecule has 6 heteroatoms. The largest absolute Gasteiger partial charge is 0.489 e. The maximum absolute atomic E-state index is 13.7. The van der Waals surface area contributed by atoms with E-state index in [-0.39, 0.29) is 11.6 Å². The summed E-state index contributed by atoms with van der Waals surface area (Å²) in [5.74, 6) is -2.08. The molecule has 0 saturated heterocycles. The average molecular weight is 390 g/mol. The van der Waals surface area contributed by atoms with Crippen LogP contribution in [0.1, 0.15) is 29.7 Å². The van der Waals surface area contributed by atoms with Crippen LogP contribution in [0.5, 0.6) is 5.75 Å². The second-order valence-electron chi connectivity index (χ2n) is 6.54. The van der Waals surface area contributed by atoms with E-state index < -0.39 is 5.92 Å². The predicted octanol–water partition coefficient (Wildman–Crippen LogP) is 4.39. The second kappa shape index (κ2) is 10.9. The third-order valence-corrected chi connectivity index (χ3v) is 4.26. The summed E-state index contributed by atoms with van der Waals surface area (Å²) in [7, 11) is 1.58. The Kier molecular flexibility index (Phi) is 8.57. The van der Waals surface area contributed by atoms with Gasteiger partial charge in [0.1, 0.15) is 12.4 Å². The number of hydrogen-bond acceptors (Lipinski definition) is 4. The lowest BCUT2D eigenvalue weighted by atomic mass is 10.0. The van der Waals surface area contributed by atoms with Crippen molar-refractivity contribution in [2.75, 3.05) is 27.0 Å². The molecule has 0 spiro atoms. The summed E-state index contributed by atoms with van der Waals surface area (Å²) >= 11 is 0. The number of para-hydroxylation sites is 1. The maximum Gasteiger partial charge on any atom is 0.270 e. The van der Waals surface area contributed by atoms with Crippen molar-refractivity contribution >= 4 is 0 Å². The van der Waals surface area contributed by atoms with Crippen LogP contribution in [-0.4, -0.2) is 27.0 Å². The van der Waals surface area contributed by atoms with Crippen molar-refractivity contribution in [3.8, 4) is 5.75 Å². The highest BCUT2D eigenvalue weighted by Crippen LogP contribution is 2.28. The molecule has 0 heterocycles. The molecule has 28 heavy (non-hydrogen) atoms. The first-order valence-electron chi connectivity index (χ1n) is 9.18. The molecule has 0 bridgehead atoms. The van der Waals surface area contributed by atoms with Crippen LogP contribution in [0, 0.1) is 0 Å². The van der Waals surface area contributed by atoms with Gasteiger partial charge in [-0.15, -0.1) is 0 Å². The van der Waals surface area contributed by atoms with Gasteiger partial charge < -0.3 is 14.8 Å². The van der Waals surface area contributed by atoms with Crippen LogP contribution in [0.2, 0.25) is 0 Å². The van der Waals surface area contributed by atoms with Crippen LogP contribution >= 0.6 is 0 Å². The molecule has 1 atom stereocenters. The third-order valence-electron chi connectivity index (χ3n) is 4.26. The number of alkyl halides is 2. The minimum atomic E-state index is -2.88. The minimum Gasteiger partial charge on any atom is -0.489 e. The second-order valence-corrected chi connectivity index (χ2v) is 6.54. The van der Waals surface area contributed by atoms with E-state index in [4.69, 9.17) is 9.47 Å². The lowest BCUT2D eigenvalue weighted by Crippen LogP contribution is -2.33. The zero-order chi connectivity index (χ0) is 20.4. The molecule has 0 fully saturated rings. The molecule has 0 radical (unpaired) electrons. The van der Waals surface area contributed by atoms with E-state index in [0.717, 1.165) is 23.8 Å². The number of benzene rings is 2. The first-order valence-corrected chi connectivity index (χ1v) is 9.18. The quantitative estimate of drug-likeness (QED) is 0.417. The number of rotatable bonds is 12. The van der Waals surface area contributed by atoms with Crippen molar-refractivity contribution in [1.29, 1.82) is 0 Å². The zero-order valence-corrected chi connectivity index (χ0v) is 16.4. The summed E-state index contributed by atoms with van der Waals surface area (Å²) < 4.78 is 38.1. The number of halogens is 2. The van der Waals surface area contributed by atoms with E-state index in [1.54, 1.807) is 19.3 Å². The number of hydrogen-bond donors (Lipinski definition) is 2. The fraction of sp³-hybridized carbons (Fsp3) is 0.364. The molecule has 2 aromatic carbocycles. The van der Waals surface area contributed by atoms with Crippen molar-refractivity contribution in [3.63, 3.8) is 0 Å². The molecule has 152 valence electrons. The van der Waals surface area contributed by atoms with Gasteiger partial charge in [0.2, 0.25) is 0 Å². The molecule has 0 aliphatic rings. The molecule has 0 aromatic heterocycles. The minimum absolute atomic E-state index is 0.00242.